The summed E-state index contributed by atoms with van der Waals surface area (Å²) in [4.78, 5) is 0. The molecule has 1 aliphatic rings. The van der Waals surface area contributed by atoms with Crippen molar-refractivity contribution in [2.75, 3.05) is 13.2 Å². The first-order valence-electron chi connectivity index (χ1n) is 4.45. The number of nitriles is 1. The second-order valence-electron chi connectivity index (χ2n) is 3.09. The van der Waals surface area contributed by atoms with E-state index in [1.165, 1.54) is 6.42 Å². The van der Waals surface area contributed by atoms with Gasteiger partial charge in [0.2, 0.25) is 0 Å². The lowest BCUT2D eigenvalue weighted by molar-refractivity contribution is -0.0489. The molecule has 0 aromatic heterocycles. The molecule has 0 saturated carbocycles. The zero-order valence-corrected chi connectivity index (χ0v) is 7.45. The fourth-order valence-corrected chi connectivity index (χ4v) is 1.23. The summed E-state index contributed by atoms with van der Waals surface area (Å²) < 4.78 is 10.7. The Hall–Kier alpha value is -0.590. The highest BCUT2D eigenvalue weighted by Crippen LogP contribution is 2.13. The van der Waals surface area contributed by atoms with Crippen LogP contribution in [0.2, 0.25) is 0 Å². The molecule has 0 aromatic carbocycles. The van der Waals surface area contributed by atoms with E-state index >= 15 is 0 Å². The zero-order valence-electron chi connectivity index (χ0n) is 7.45. The van der Waals surface area contributed by atoms with E-state index < -0.39 is 0 Å². The van der Waals surface area contributed by atoms with Crippen LogP contribution in [0, 0.1) is 11.3 Å². The summed E-state index contributed by atoms with van der Waals surface area (Å²) in [5, 5.41) is 8.45. The first-order valence-corrected chi connectivity index (χ1v) is 4.45. The van der Waals surface area contributed by atoms with Crippen molar-refractivity contribution in [2.45, 2.75) is 38.4 Å². The Morgan fingerprint density at radius 2 is 2.50 bits per heavy atom. The van der Waals surface area contributed by atoms with Gasteiger partial charge in [-0.15, -0.1) is 0 Å². The van der Waals surface area contributed by atoms with Gasteiger partial charge in [-0.3, -0.25) is 0 Å². The number of hydrogen-bond donors (Lipinski definition) is 0. The maximum Gasteiger partial charge on any atom is 0.141 e. The minimum Gasteiger partial charge on any atom is -0.376 e. The Morgan fingerprint density at radius 1 is 1.67 bits per heavy atom. The zero-order chi connectivity index (χ0) is 8.81. The summed E-state index contributed by atoms with van der Waals surface area (Å²) in [6.07, 6.45) is 3.35. The van der Waals surface area contributed by atoms with E-state index in [2.05, 4.69) is 0 Å². The fourth-order valence-electron chi connectivity index (χ4n) is 1.23. The standard InChI is InChI=1S/C9H15NO2/c1-8(6-10)12-7-9-4-2-3-5-11-9/h8-9H,2-5,7H2,1H3. The van der Waals surface area contributed by atoms with Crippen LogP contribution in [0.3, 0.4) is 0 Å². The lowest BCUT2D eigenvalue weighted by atomic mass is 10.1. The van der Waals surface area contributed by atoms with Crippen LogP contribution in [-0.4, -0.2) is 25.4 Å². The molecule has 1 aliphatic heterocycles. The average molecular weight is 169 g/mol. The molecule has 0 amide bonds. The van der Waals surface area contributed by atoms with Gasteiger partial charge in [0.15, 0.2) is 0 Å². The van der Waals surface area contributed by atoms with Crippen LogP contribution < -0.4 is 0 Å². The molecule has 0 bridgehead atoms. The van der Waals surface area contributed by atoms with Gasteiger partial charge in [-0.25, -0.2) is 0 Å². The number of rotatable bonds is 3. The second kappa shape index (κ2) is 5.13. The third kappa shape index (κ3) is 3.21. The van der Waals surface area contributed by atoms with Gasteiger partial charge in [-0.1, -0.05) is 0 Å². The van der Waals surface area contributed by atoms with E-state index in [4.69, 9.17) is 14.7 Å². The molecule has 0 N–H and O–H groups in total. The van der Waals surface area contributed by atoms with Crippen molar-refractivity contribution in [3.05, 3.63) is 0 Å². The third-order valence-corrected chi connectivity index (χ3v) is 1.99. The average Bonchev–Trinajstić information content (AvgIpc) is 2.16. The minimum atomic E-state index is -0.310. The molecule has 0 aromatic rings. The van der Waals surface area contributed by atoms with Gasteiger partial charge >= 0.3 is 0 Å². The maximum atomic E-state index is 8.45. The molecule has 1 heterocycles. The van der Waals surface area contributed by atoms with Gasteiger partial charge in [0, 0.05) is 6.61 Å². The summed E-state index contributed by atoms with van der Waals surface area (Å²) in [5.74, 6) is 0. The van der Waals surface area contributed by atoms with E-state index in [1.54, 1.807) is 6.92 Å². The Bertz CT molecular complexity index is 158. The summed E-state index contributed by atoms with van der Waals surface area (Å²) in [7, 11) is 0. The minimum absolute atomic E-state index is 0.217. The molecule has 2 atom stereocenters. The Morgan fingerprint density at radius 3 is 3.08 bits per heavy atom. The predicted molar refractivity (Wildman–Crippen MR) is 44.6 cm³/mol. The topological polar surface area (TPSA) is 42.2 Å². The molecular formula is C9H15NO2. The Balaban J connectivity index is 2.10. The van der Waals surface area contributed by atoms with E-state index in [9.17, 15) is 0 Å². The van der Waals surface area contributed by atoms with E-state index in [1.807, 2.05) is 6.07 Å². The summed E-state index contributed by atoms with van der Waals surface area (Å²) in [5.41, 5.74) is 0. The molecule has 0 spiro atoms. The number of hydrogen-bond acceptors (Lipinski definition) is 3. The van der Waals surface area contributed by atoms with E-state index in [-0.39, 0.29) is 12.2 Å². The molecule has 3 nitrogen and oxygen atoms in total. The summed E-state index contributed by atoms with van der Waals surface area (Å²) in [6.45, 7) is 3.16. The lowest BCUT2D eigenvalue weighted by Crippen LogP contribution is -2.26. The van der Waals surface area contributed by atoms with Crippen molar-refractivity contribution < 1.29 is 9.47 Å². The third-order valence-electron chi connectivity index (χ3n) is 1.99. The second-order valence-corrected chi connectivity index (χ2v) is 3.09. The van der Waals surface area contributed by atoms with Crippen LogP contribution in [0.1, 0.15) is 26.2 Å². The van der Waals surface area contributed by atoms with Gasteiger partial charge in [-0.2, -0.15) is 5.26 Å². The largest absolute Gasteiger partial charge is 0.376 e. The van der Waals surface area contributed by atoms with Gasteiger partial charge in [0.25, 0.3) is 0 Å². The molecule has 3 heteroatoms. The number of nitrogens with zero attached hydrogens (tertiary/aromatic N) is 1. The Kier molecular flexibility index (Phi) is 4.06. The van der Waals surface area contributed by atoms with Crippen LogP contribution in [0.4, 0.5) is 0 Å². The normalized spacial score (nSPS) is 26.2. The van der Waals surface area contributed by atoms with Crippen LogP contribution in [0.5, 0.6) is 0 Å². The monoisotopic (exact) mass is 169 g/mol. The maximum absolute atomic E-state index is 8.45. The van der Waals surface area contributed by atoms with Crippen molar-refractivity contribution in [2.24, 2.45) is 0 Å². The highest BCUT2D eigenvalue weighted by Gasteiger charge is 2.14. The van der Waals surface area contributed by atoms with Gasteiger partial charge in [0.1, 0.15) is 6.10 Å². The van der Waals surface area contributed by atoms with Crippen molar-refractivity contribution in [1.82, 2.24) is 0 Å². The van der Waals surface area contributed by atoms with Crippen molar-refractivity contribution in [1.29, 1.82) is 5.26 Å². The molecular weight excluding hydrogens is 154 g/mol. The highest BCUT2D eigenvalue weighted by atomic mass is 16.5. The number of ether oxygens (including phenoxy) is 2. The Labute approximate surface area is 73.3 Å². The SMILES string of the molecule is CC(C#N)OCC1CCCCO1. The molecule has 2 unspecified atom stereocenters. The van der Waals surface area contributed by atoms with Gasteiger partial charge < -0.3 is 9.47 Å². The van der Waals surface area contributed by atoms with Crippen molar-refractivity contribution >= 4 is 0 Å². The van der Waals surface area contributed by atoms with Crippen LogP contribution in [0.25, 0.3) is 0 Å². The van der Waals surface area contributed by atoms with E-state index in [0.717, 1.165) is 19.4 Å². The van der Waals surface area contributed by atoms with E-state index in [0.29, 0.717) is 6.61 Å². The van der Waals surface area contributed by atoms with Crippen LogP contribution >= 0.6 is 0 Å². The van der Waals surface area contributed by atoms with Crippen molar-refractivity contribution in [3.63, 3.8) is 0 Å². The smallest absolute Gasteiger partial charge is 0.141 e. The first-order chi connectivity index (χ1) is 5.83. The molecule has 12 heavy (non-hydrogen) atoms. The fraction of sp³-hybridized carbons (Fsp3) is 0.889. The summed E-state index contributed by atoms with van der Waals surface area (Å²) >= 11 is 0. The lowest BCUT2D eigenvalue weighted by Gasteiger charge is -2.22. The van der Waals surface area contributed by atoms with Crippen LogP contribution in [-0.2, 0) is 9.47 Å². The predicted octanol–water partition coefficient (Wildman–Crippen LogP) is 1.48. The van der Waals surface area contributed by atoms with Gasteiger partial charge in [-0.05, 0) is 26.2 Å². The molecule has 0 aliphatic carbocycles. The molecule has 1 rings (SSSR count). The molecule has 68 valence electrons. The quantitative estimate of drug-likeness (QED) is 0.642. The van der Waals surface area contributed by atoms with Gasteiger partial charge in [0.05, 0.1) is 18.8 Å². The molecule has 1 fully saturated rings. The summed E-state index contributed by atoms with van der Waals surface area (Å²) in [6, 6.07) is 2.03. The van der Waals surface area contributed by atoms with Crippen LogP contribution in [0.15, 0.2) is 0 Å². The highest BCUT2D eigenvalue weighted by molar-refractivity contribution is 4.79. The molecule has 1 saturated heterocycles. The molecule has 0 radical (unpaired) electrons. The first kappa shape index (κ1) is 9.50. The van der Waals surface area contributed by atoms with Crippen molar-refractivity contribution in [3.8, 4) is 6.07 Å².